The lowest BCUT2D eigenvalue weighted by Gasteiger charge is -2.09. The lowest BCUT2D eigenvalue weighted by molar-refractivity contribution is 0.0697. The van der Waals surface area contributed by atoms with Gasteiger partial charge in [-0.1, -0.05) is 75.6 Å². The lowest BCUT2D eigenvalue weighted by atomic mass is 9.99. The van der Waals surface area contributed by atoms with Crippen molar-refractivity contribution in [1.29, 1.82) is 0 Å². The summed E-state index contributed by atoms with van der Waals surface area (Å²) in [5.41, 5.74) is 3.09. The summed E-state index contributed by atoms with van der Waals surface area (Å²) in [5, 5.41) is 14.2. The topological polar surface area (TPSA) is 68.0 Å². The van der Waals surface area contributed by atoms with E-state index >= 15 is 0 Å². The molecule has 0 saturated carbocycles. The average Bonchev–Trinajstić information content (AvgIpc) is 3.14. The SMILES string of the molecule is CCCCCc1nc(CCCC)n(Cc2ccc(-c3ccccc3C(=O)O)cc2)n1. The second kappa shape index (κ2) is 10.7. The van der Waals surface area contributed by atoms with Crippen LogP contribution in [0.25, 0.3) is 11.1 Å². The van der Waals surface area contributed by atoms with Gasteiger partial charge in [0.05, 0.1) is 12.1 Å². The molecule has 0 aliphatic carbocycles. The van der Waals surface area contributed by atoms with Gasteiger partial charge in [0.25, 0.3) is 0 Å². The summed E-state index contributed by atoms with van der Waals surface area (Å²) in [6, 6.07) is 15.2. The molecule has 0 fully saturated rings. The molecule has 0 aliphatic heterocycles. The minimum atomic E-state index is -0.909. The number of aromatic nitrogens is 3. The third kappa shape index (κ3) is 5.56. The van der Waals surface area contributed by atoms with Gasteiger partial charge in [0.2, 0.25) is 0 Å². The Bertz CT molecular complexity index is 961. The molecule has 0 atom stereocenters. The van der Waals surface area contributed by atoms with Gasteiger partial charge >= 0.3 is 5.97 Å². The summed E-state index contributed by atoms with van der Waals surface area (Å²) in [5.74, 6) is 1.10. The van der Waals surface area contributed by atoms with Gasteiger partial charge in [0.1, 0.15) is 5.82 Å². The number of nitrogens with zero attached hydrogens (tertiary/aromatic N) is 3. The zero-order valence-corrected chi connectivity index (χ0v) is 18.0. The molecule has 158 valence electrons. The number of aryl methyl sites for hydroxylation is 2. The normalized spacial score (nSPS) is 11.0. The van der Waals surface area contributed by atoms with Crippen LogP contribution in [-0.2, 0) is 19.4 Å². The van der Waals surface area contributed by atoms with Gasteiger partial charge in [-0.25, -0.2) is 14.5 Å². The molecule has 3 rings (SSSR count). The Morgan fingerprint density at radius 2 is 1.67 bits per heavy atom. The molecule has 1 heterocycles. The molecule has 2 aromatic carbocycles. The van der Waals surface area contributed by atoms with Crippen molar-refractivity contribution in [3.8, 4) is 11.1 Å². The number of carboxylic acids is 1. The van der Waals surface area contributed by atoms with Crippen LogP contribution in [0.5, 0.6) is 0 Å². The summed E-state index contributed by atoms with van der Waals surface area (Å²) in [7, 11) is 0. The van der Waals surface area contributed by atoms with Crippen molar-refractivity contribution in [3.63, 3.8) is 0 Å². The molecule has 0 saturated heterocycles. The smallest absolute Gasteiger partial charge is 0.336 e. The second-order valence-corrected chi connectivity index (χ2v) is 7.71. The van der Waals surface area contributed by atoms with Crippen molar-refractivity contribution in [2.75, 3.05) is 0 Å². The van der Waals surface area contributed by atoms with E-state index in [1.54, 1.807) is 12.1 Å². The second-order valence-electron chi connectivity index (χ2n) is 7.71. The molecule has 0 radical (unpaired) electrons. The van der Waals surface area contributed by atoms with Gasteiger partial charge in [-0.05, 0) is 35.6 Å². The Morgan fingerprint density at radius 1 is 0.933 bits per heavy atom. The molecule has 3 aromatic rings. The van der Waals surface area contributed by atoms with Crippen molar-refractivity contribution in [2.24, 2.45) is 0 Å². The Morgan fingerprint density at radius 3 is 2.37 bits per heavy atom. The van der Waals surface area contributed by atoms with Gasteiger partial charge in [0, 0.05) is 12.8 Å². The number of benzene rings is 2. The van der Waals surface area contributed by atoms with Gasteiger partial charge in [0.15, 0.2) is 5.82 Å². The molecular formula is C25H31N3O2. The highest BCUT2D eigenvalue weighted by Gasteiger charge is 2.12. The zero-order valence-electron chi connectivity index (χ0n) is 18.0. The first-order valence-electron chi connectivity index (χ1n) is 11.0. The number of hydrogen-bond donors (Lipinski definition) is 1. The van der Waals surface area contributed by atoms with Crippen LogP contribution < -0.4 is 0 Å². The largest absolute Gasteiger partial charge is 0.478 e. The van der Waals surface area contributed by atoms with E-state index in [4.69, 9.17) is 10.1 Å². The molecule has 1 aromatic heterocycles. The zero-order chi connectivity index (χ0) is 21.3. The fraction of sp³-hybridized carbons (Fsp3) is 0.400. The fourth-order valence-electron chi connectivity index (χ4n) is 3.60. The van der Waals surface area contributed by atoms with Crippen LogP contribution in [0.4, 0.5) is 0 Å². The highest BCUT2D eigenvalue weighted by molar-refractivity contribution is 5.95. The highest BCUT2D eigenvalue weighted by Crippen LogP contribution is 2.24. The van der Waals surface area contributed by atoms with E-state index < -0.39 is 5.97 Å². The maximum Gasteiger partial charge on any atom is 0.336 e. The van der Waals surface area contributed by atoms with E-state index in [2.05, 4.69) is 26.0 Å². The van der Waals surface area contributed by atoms with E-state index in [1.807, 2.05) is 28.9 Å². The number of aromatic carboxylic acids is 1. The molecule has 0 unspecified atom stereocenters. The summed E-state index contributed by atoms with van der Waals surface area (Å²) < 4.78 is 2.04. The van der Waals surface area contributed by atoms with Crippen LogP contribution in [0.15, 0.2) is 48.5 Å². The molecule has 5 nitrogen and oxygen atoms in total. The highest BCUT2D eigenvalue weighted by atomic mass is 16.4. The van der Waals surface area contributed by atoms with Crippen LogP contribution in [0.3, 0.4) is 0 Å². The number of hydrogen-bond acceptors (Lipinski definition) is 3. The maximum atomic E-state index is 11.5. The fourth-order valence-corrected chi connectivity index (χ4v) is 3.60. The predicted octanol–water partition coefficient (Wildman–Crippen LogP) is 5.77. The predicted molar refractivity (Wildman–Crippen MR) is 120 cm³/mol. The van der Waals surface area contributed by atoms with Crippen molar-refractivity contribution in [2.45, 2.75) is 65.3 Å². The number of carboxylic acid groups (broad SMARTS) is 1. The molecule has 0 aliphatic rings. The molecule has 0 spiro atoms. The van der Waals surface area contributed by atoms with E-state index in [9.17, 15) is 9.90 Å². The Hall–Kier alpha value is -2.95. The quantitative estimate of drug-likeness (QED) is 0.411. The third-order valence-electron chi connectivity index (χ3n) is 5.30. The molecular weight excluding hydrogens is 374 g/mol. The standard InChI is InChI=1S/C25H31N3O2/c1-3-5-7-12-23-26-24(13-6-4-2)28(27-23)18-19-14-16-20(17-15-19)21-10-8-9-11-22(21)25(29)30/h8-11,14-17H,3-7,12-13,18H2,1-2H3,(H,29,30). The minimum Gasteiger partial charge on any atom is -0.478 e. The molecule has 0 amide bonds. The van der Waals surface area contributed by atoms with Gasteiger partial charge in [-0.15, -0.1) is 0 Å². The summed E-state index contributed by atoms with van der Waals surface area (Å²) in [4.78, 5) is 16.3. The monoisotopic (exact) mass is 405 g/mol. The van der Waals surface area contributed by atoms with Crippen molar-refractivity contribution in [3.05, 3.63) is 71.3 Å². The first-order chi connectivity index (χ1) is 14.6. The summed E-state index contributed by atoms with van der Waals surface area (Å²) >= 11 is 0. The van der Waals surface area contributed by atoms with E-state index in [-0.39, 0.29) is 0 Å². The number of unbranched alkanes of at least 4 members (excludes halogenated alkanes) is 3. The van der Waals surface area contributed by atoms with E-state index in [0.717, 1.165) is 60.4 Å². The van der Waals surface area contributed by atoms with Crippen LogP contribution in [0.2, 0.25) is 0 Å². The molecule has 30 heavy (non-hydrogen) atoms. The van der Waals surface area contributed by atoms with Crippen molar-refractivity contribution in [1.82, 2.24) is 14.8 Å². The van der Waals surface area contributed by atoms with Gasteiger partial charge in [-0.3, -0.25) is 0 Å². The number of rotatable bonds is 11. The Labute approximate surface area is 178 Å². The van der Waals surface area contributed by atoms with Gasteiger partial charge < -0.3 is 5.11 Å². The first-order valence-corrected chi connectivity index (χ1v) is 11.0. The van der Waals surface area contributed by atoms with Gasteiger partial charge in [-0.2, -0.15) is 5.10 Å². The van der Waals surface area contributed by atoms with Crippen LogP contribution in [0.1, 0.15) is 73.5 Å². The number of carbonyl (C=O) groups is 1. The molecule has 0 bridgehead atoms. The van der Waals surface area contributed by atoms with E-state index in [0.29, 0.717) is 12.1 Å². The minimum absolute atomic E-state index is 0.320. The lowest BCUT2D eigenvalue weighted by Crippen LogP contribution is -2.07. The van der Waals surface area contributed by atoms with Crippen LogP contribution >= 0.6 is 0 Å². The maximum absolute atomic E-state index is 11.5. The Balaban J connectivity index is 1.78. The van der Waals surface area contributed by atoms with Crippen molar-refractivity contribution < 1.29 is 9.90 Å². The summed E-state index contributed by atoms with van der Waals surface area (Å²) in [6.45, 7) is 5.08. The first kappa shape index (κ1) is 21.8. The van der Waals surface area contributed by atoms with Crippen LogP contribution in [-0.4, -0.2) is 25.8 Å². The Kier molecular flexibility index (Phi) is 7.77. The molecule has 5 heteroatoms. The van der Waals surface area contributed by atoms with Crippen molar-refractivity contribution >= 4 is 5.97 Å². The molecule has 1 N–H and O–H groups in total. The van der Waals surface area contributed by atoms with E-state index in [1.165, 1.54) is 12.8 Å². The average molecular weight is 406 g/mol. The van der Waals surface area contributed by atoms with Crippen LogP contribution in [0, 0.1) is 0 Å². The summed E-state index contributed by atoms with van der Waals surface area (Å²) in [6.07, 6.45) is 7.66. The third-order valence-corrected chi connectivity index (χ3v) is 5.30.